The minimum absolute atomic E-state index is 0.0274. The summed E-state index contributed by atoms with van der Waals surface area (Å²) < 4.78 is 16.3. The molecule has 1 unspecified atom stereocenters. The van der Waals surface area contributed by atoms with Gasteiger partial charge in [-0.3, -0.25) is 4.79 Å². The number of amides is 2. The Kier molecular flexibility index (Phi) is 7.99. The molecule has 0 spiro atoms. The highest BCUT2D eigenvalue weighted by Gasteiger charge is 2.35. The molecular formula is C26H30N2O7. The number of alkyl carbamates (subject to hydrolysis) is 1. The third-order valence-electron chi connectivity index (χ3n) is 6.31. The third kappa shape index (κ3) is 5.80. The highest BCUT2D eigenvalue weighted by molar-refractivity contribution is 5.80. The highest BCUT2D eigenvalue weighted by Crippen LogP contribution is 2.44. The number of carboxylic acids is 1. The van der Waals surface area contributed by atoms with Gasteiger partial charge < -0.3 is 30.0 Å². The number of carbonyl (C=O) groups excluding carboxylic acids is 2. The van der Waals surface area contributed by atoms with Crippen LogP contribution >= 0.6 is 0 Å². The van der Waals surface area contributed by atoms with Crippen LogP contribution in [0.1, 0.15) is 36.8 Å². The molecule has 9 nitrogen and oxygen atoms in total. The van der Waals surface area contributed by atoms with E-state index in [2.05, 4.69) is 34.9 Å². The lowest BCUT2D eigenvalue weighted by Crippen LogP contribution is -2.46. The van der Waals surface area contributed by atoms with Crippen LogP contribution in [0.2, 0.25) is 0 Å². The summed E-state index contributed by atoms with van der Waals surface area (Å²) in [7, 11) is 0. The number of ether oxygens (including phenoxy) is 3. The molecule has 2 aliphatic rings. The summed E-state index contributed by atoms with van der Waals surface area (Å²) in [5.41, 5.74) is 4.55. The molecular weight excluding hydrogens is 452 g/mol. The highest BCUT2D eigenvalue weighted by atomic mass is 16.5. The second-order valence-corrected chi connectivity index (χ2v) is 8.58. The standard InChI is InChI=1S/C26H30N2O7/c1-2-33-16(13-23(29)28-22-11-12-34-24(22)25(30)31)14-27-26(32)35-15-21-19-9-5-3-7-17(19)18-8-4-6-10-20(18)21/h3-10,16,21-22,24H,2,11-15H2,1H3,(H,27,32)(H,28,29)(H,30,31)/t16?,22-,24+/m0/s1. The van der Waals surface area contributed by atoms with Crippen molar-refractivity contribution in [2.75, 3.05) is 26.4 Å². The largest absolute Gasteiger partial charge is 0.479 e. The minimum atomic E-state index is -1.11. The third-order valence-corrected chi connectivity index (χ3v) is 6.31. The molecule has 3 atom stereocenters. The fourth-order valence-corrected chi connectivity index (χ4v) is 4.73. The zero-order chi connectivity index (χ0) is 24.8. The summed E-state index contributed by atoms with van der Waals surface area (Å²) in [6.45, 7) is 2.71. The number of aliphatic carboxylic acids is 1. The maximum absolute atomic E-state index is 12.4. The van der Waals surface area contributed by atoms with Gasteiger partial charge in [-0.15, -0.1) is 0 Å². The molecule has 0 radical (unpaired) electrons. The van der Waals surface area contributed by atoms with Gasteiger partial charge >= 0.3 is 12.1 Å². The van der Waals surface area contributed by atoms with Crippen molar-refractivity contribution in [1.29, 1.82) is 0 Å². The minimum Gasteiger partial charge on any atom is -0.479 e. The quantitative estimate of drug-likeness (QED) is 0.476. The smallest absolute Gasteiger partial charge is 0.407 e. The molecule has 0 bridgehead atoms. The first-order valence-corrected chi connectivity index (χ1v) is 11.8. The van der Waals surface area contributed by atoms with Crippen molar-refractivity contribution in [2.45, 2.75) is 43.9 Å². The Morgan fingerprint density at radius 2 is 1.74 bits per heavy atom. The van der Waals surface area contributed by atoms with Crippen molar-refractivity contribution >= 4 is 18.0 Å². The molecule has 35 heavy (non-hydrogen) atoms. The zero-order valence-corrected chi connectivity index (χ0v) is 19.6. The molecule has 1 heterocycles. The Morgan fingerprint density at radius 3 is 2.37 bits per heavy atom. The average Bonchev–Trinajstić information content (AvgIpc) is 3.44. The predicted octanol–water partition coefficient (Wildman–Crippen LogP) is 2.68. The van der Waals surface area contributed by atoms with Crippen molar-refractivity contribution < 1.29 is 33.7 Å². The zero-order valence-electron chi connectivity index (χ0n) is 19.6. The normalized spacial score (nSPS) is 19.5. The van der Waals surface area contributed by atoms with Crippen molar-refractivity contribution in [3.8, 4) is 11.1 Å². The number of carboxylic acid groups (broad SMARTS) is 1. The molecule has 2 aromatic carbocycles. The van der Waals surface area contributed by atoms with Gasteiger partial charge in [0.2, 0.25) is 5.91 Å². The molecule has 2 amide bonds. The monoisotopic (exact) mass is 482 g/mol. The van der Waals surface area contributed by atoms with Gasteiger partial charge in [-0.25, -0.2) is 9.59 Å². The van der Waals surface area contributed by atoms with E-state index in [-0.39, 0.29) is 38.0 Å². The van der Waals surface area contributed by atoms with E-state index in [4.69, 9.17) is 14.2 Å². The summed E-state index contributed by atoms with van der Waals surface area (Å²) in [6, 6.07) is 15.6. The summed E-state index contributed by atoms with van der Waals surface area (Å²) in [5, 5.41) is 14.6. The lowest BCUT2D eigenvalue weighted by Gasteiger charge is -2.21. The van der Waals surface area contributed by atoms with Gasteiger partial charge in [0.15, 0.2) is 6.10 Å². The number of hydrogen-bond donors (Lipinski definition) is 3. The first-order chi connectivity index (χ1) is 17.0. The molecule has 1 saturated heterocycles. The second-order valence-electron chi connectivity index (χ2n) is 8.58. The maximum atomic E-state index is 12.4. The molecule has 0 aromatic heterocycles. The summed E-state index contributed by atoms with van der Waals surface area (Å²) in [4.78, 5) is 36.1. The van der Waals surface area contributed by atoms with Crippen LogP contribution in [0.15, 0.2) is 48.5 Å². The van der Waals surface area contributed by atoms with Gasteiger partial charge in [0, 0.05) is 25.7 Å². The molecule has 4 rings (SSSR count). The SMILES string of the molecule is CCOC(CNC(=O)OCC1c2ccccc2-c2ccccc21)CC(=O)N[C@H]1CCO[C@H]1C(=O)O. The molecule has 2 aromatic rings. The van der Waals surface area contributed by atoms with Crippen molar-refractivity contribution in [2.24, 2.45) is 0 Å². The van der Waals surface area contributed by atoms with E-state index in [1.165, 1.54) is 0 Å². The van der Waals surface area contributed by atoms with E-state index in [0.29, 0.717) is 13.0 Å². The summed E-state index contributed by atoms with van der Waals surface area (Å²) >= 11 is 0. The van der Waals surface area contributed by atoms with Crippen LogP contribution < -0.4 is 10.6 Å². The van der Waals surface area contributed by atoms with E-state index >= 15 is 0 Å². The van der Waals surface area contributed by atoms with E-state index in [1.54, 1.807) is 6.92 Å². The fourth-order valence-electron chi connectivity index (χ4n) is 4.73. The molecule has 1 aliphatic heterocycles. The first kappa shape index (κ1) is 24.7. The van der Waals surface area contributed by atoms with Crippen LogP contribution in [-0.4, -0.2) is 67.7 Å². The van der Waals surface area contributed by atoms with Crippen molar-refractivity contribution in [3.05, 3.63) is 59.7 Å². The van der Waals surface area contributed by atoms with Gasteiger partial charge in [0.25, 0.3) is 0 Å². The Bertz CT molecular complexity index is 1030. The lowest BCUT2D eigenvalue weighted by atomic mass is 9.98. The fraction of sp³-hybridized carbons (Fsp3) is 0.423. The van der Waals surface area contributed by atoms with Crippen molar-refractivity contribution in [3.63, 3.8) is 0 Å². The van der Waals surface area contributed by atoms with Gasteiger partial charge in [-0.1, -0.05) is 48.5 Å². The van der Waals surface area contributed by atoms with Crippen LogP contribution in [0.25, 0.3) is 11.1 Å². The van der Waals surface area contributed by atoms with Crippen LogP contribution in [0.5, 0.6) is 0 Å². The van der Waals surface area contributed by atoms with E-state index in [0.717, 1.165) is 22.3 Å². The van der Waals surface area contributed by atoms with Crippen LogP contribution in [-0.2, 0) is 23.8 Å². The number of nitrogens with one attached hydrogen (secondary N) is 2. The first-order valence-electron chi connectivity index (χ1n) is 11.8. The van der Waals surface area contributed by atoms with Crippen LogP contribution in [0, 0.1) is 0 Å². The van der Waals surface area contributed by atoms with Gasteiger partial charge in [0.1, 0.15) is 6.61 Å². The van der Waals surface area contributed by atoms with E-state index in [9.17, 15) is 19.5 Å². The number of fused-ring (bicyclic) bond motifs is 3. The molecule has 0 saturated carbocycles. The Morgan fingerprint density at radius 1 is 1.09 bits per heavy atom. The number of rotatable bonds is 10. The topological polar surface area (TPSA) is 123 Å². The lowest BCUT2D eigenvalue weighted by molar-refractivity contribution is -0.148. The van der Waals surface area contributed by atoms with Gasteiger partial charge in [-0.05, 0) is 35.6 Å². The predicted molar refractivity (Wildman–Crippen MR) is 127 cm³/mol. The van der Waals surface area contributed by atoms with E-state index in [1.807, 2.05) is 24.3 Å². The number of carbonyl (C=O) groups is 3. The van der Waals surface area contributed by atoms with Crippen molar-refractivity contribution in [1.82, 2.24) is 10.6 Å². The van der Waals surface area contributed by atoms with Crippen LogP contribution in [0.3, 0.4) is 0 Å². The van der Waals surface area contributed by atoms with Gasteiger partial charge in [-0.2, -0.15) is 0 Å². The van der Waals surface area contributed by atoms with E-state index < -0.39 is 30.3 Å². The molecule has 1 aliphatic carbocycles. The van der Waals surface area contributed by atoms with Crippen LogP contribution in [0.4, 0.5) is 4.79 Å². The average molecular weight is 483 g/mol. The van der Waals surface area contributed by atoms with Gasteiger partial charge in [0.05, 0.1) is 18.6 Å². The Balaban J connectivity index is 1.28. The Hall–Kier alpha value is -3.43. The molecule has 9 heteroatoms. The molecule has 186 valence electrons. The molecule has 3 N–H and O–H groups in total. The molecule has 1 fully saturated rings. The second kappa shape index (κ2) is 11.3. The summed E-state index contributed by atoms with van der Waals surface area (Å²) in [5.74, 6) is -1.51. The Labute approximate surface area is 203 Å². The maximum Gasteiger partial charge on any atom is 0.407 e. The number of hydrogen-bond acceptors (Lipinski definition) is 6. The summed E-state index contributed by atoms with van der Waals surface area (Å²) in [6.07, 6.45) is -1.82. The number of benzene rings is 2.